The van der Waals surface area contributed by atoms with E-state index < -0.39 is 10.0 Å². The lowest BCUT2D eigenvalue weighted by molar-refractivity contribution is 0.478. The number of aromatic hydroxyl groups is 1. The van der Waals surface area contributed by atoms with Crippen LogP contribution in [0.15, 0.2) is 88.2 Å². The maximum Gasteiger partial charge on any atom is 0.261 e. The average molecular weight is 468 g/mol. The number of sulfonamides is 1. The van der Waals surface area contributed by atoms with E-state index in [1.807, 2.05) is 43.3 Å². The summed E-state index contributed by atoms with van der Waals surface area (Å²) in [4.78, 5) is 0.173. The molecule has 0 aliphatic heterocycles. The van der Waals surface area contributed by atoms with E-state index in [0.29, 0.717) is 21.3 Å². The third kappa shape index (κ3) is 3.73. The van der Waals surface area contributed by atoms with Crippen molar-refractivity contribution in [3.63, 3.8) is 0 Å². The van der Waals surface area contributed by atoms with E-state index in [-0.39, 0.29) is 10.6 Å². The highest BCUT2D eigenvalue weighted by molar-refractivity contribution is 9.10. The molecule has 0 atom stereocenters. The third-order valence-corrected chi connectivity index (χ3v) is 6.78. The number of benzene rings is 4. The van der Waals surface area contributed by atoms with E-state index in [1.165, 1.54) is 0 Å². The van der Waals surface area contributed by atoms with Gasteiger partial charge in [0.05, 0.1) is 10.6 Å². The van der Waals surface area contributed by atoms with Gasteiger partial charge in [0.25, 0.3) is 10.0 Å². The Hall–Kier alpha value is -2.83. The molecule has 29 heavy (non-hydrogen) atoms. The van der Waals surface area contributed by atoms with Crippen molar-refractivity contribution in [2.45, 2.75) is 11.8 Å². The van der Waals surface area contributed by atoms with E-state index in [2.05, 4.69) is 20.7 Å². The number of nitrogens with one attached hydrogen (secondary N) is 1. The van der Waals surface area contributed by atoms with Gasteiger partial charge >= 0.3 is 0 Å². The Bertz CT molecular complexity index is 1320. The molecule has 2 N–H and O–H groups in total. The number of rotatable bonds is 4. The summed E-state index contributed by atoms with van der Waals surface area (Å²) in [6.45, 7) is 1.90. The molecule has 0 amide bonds. The first-order valence-corrected chi connectivity index (χ1v) is 11.2. The van der Waals surface area contributed by atoms with Crippen molar-refractivity contribution in [1.82, 2.24) is 0 Å². The molecular weight excluding hydrogens is 450 g/mol. The molecule has 4 aromatic rings. The largest absolute Gasteiger partial charge is 0.507 e. The lowest BCUT2D eigenvalue weighted by Gasteiger charge is -2.17. The zero-order valence-corrected chi connectivity index (χ0v) is 18.0. The van der Waals surface area contributed by atoms with Crippen LogP contribution in [0.1, 0.15) is 5.56 Å². The van der Waals surface area contributed by atoms with Crippen LogP contribution in [0.25, 0.3) is 21.9 Å². The normalized spacial score (nSPS) is 11.5. The monoisotopic (exact) mass is 467 g/mol. The highest BCUT2D eigenvalue weighted by atomic mass is 79.9. The number of aryl methyl sites for hydroxylation is 1. The Morgan fingerprint density at radius 3 is 2.34 bits per heavy atom. The van der Waals surface area contributed by atoms with Crippen molar-refractivity contribution >= 4 is 42.4 Å². The molecule has 0 saturated carbocycles. The number of halogens is 1. The second-order valence-corrected chi connectivity index (χ2v) is 9.30. The van der Waals surface area contributed by atoms with Crippen LogP contribution < -0.4 is 4.72 Å². The number of fused-ring (bicyclic) bond motifs is 1. The van der Waals surface area contributed by atoms with Gasteiger partial charge in [-0.05, 0) is 57.9 Å². The molecule has 6 heteroatoms. The molecule has 146 valence electrons. The van der Waals surface area contributed by atoms with Crippen LogP contribution in [0.4, 0.5) is 5.69 Å². The zero-order chi connectivity index (χ0) is 20.6. The summed E-state index contributed by atoms with van der Waals surface area (Å²) in [5.41, 5.74) is 2.52. The minimum absolute atomic E-state index is 0.0811. The van der Waals surface area contributed by atoms with Gasteiger partial charge in [-0.2, -0.15) is 0 Å². The number of phenols is 1. The van der Waals surface area contributed by atoms with E-state index in [0.717, 1.165) is 16.3 Å². The van der Waals surface area contributed by atoms with Crippen LogP contribution >= 0.6 is 15.9 Å². The Morgan fingerprint density at radius 1 is 0.862 bits per heavy atom. The molecule has 0 aromatic heterocycles. The van der Waals surface area contributed by atoms with Gasteiger partial charge < -0.3 is 5.11 Å². The molecule has 0 spiro atoms. The van der Waals surface area contributed by atoms with E-state index >= 15 is 0 Å². The fourth-order valence-electron chi connectivity index (χ4n) is 3.29. The smallest absolute Gasteiger partial charge is 0.261 e. The van der Waals surface area contributed by atoms with Crippen molar-refractivity contribution in [3.8, 4) is 16.9 Å². The molecular formula is C23H18BrNO3S. The van der Waals surface area contributed by atoms with E-state index in [4.69, 9.17) is 0 Å². The first kappa shape index (κ1) is 19.5. The van der Waals surface area contributed by atoms with Gasteiger partial charge in [0.1, 0.15) is 5.75 Å². The van der Waals surface area contributed by atoms with Crippen molar-refractivity contribution < 1.29 is 13.5 Å². The molecule has 0 aliphatic rings. The van der Waals surface area contributed by atoms with Gasteiger partial charge in [-0.15, -0.1) is 0 Å². The Morgan fingerprint density at radius 2 is 1.59 bits per heavy atom. The van der Waals surface area contributed by atoms with E-state index in [1.54, 1.807) is 42.5 Å². The van der Waals surface area contributed by atoms with Gasteiger partial charge in [-0.25, -0.2) is 8.42 Å². The Balaban J connectivity index is 1.90. The predicted octanol–water partition coefficient (Wildman–Crippen LogP) is 6.08. The highest BCUT2D eigenvalue weighted by Crippen LogP contribution is 2.43. The number of hydrogen-bond donors (Lipinski definition) is 2. The third-order valence-electron chi connectivity index (χ3n) is 4.76. The highest BCUT2D eigenvalue weighted by Gasteiger charge is 2.21. The Labute approximate surface area is 178 Å². The van der Waals surface area contributed by atoms with Crippen molar-refractivity contribution in [2.24, 2.45) is 0 Å². The van der Waals surface area contributed by atoms with Crippen molar-refractivity contribution in [2.75, 3.05) is 4.72 Å². The number of para-hydroxylation sites is 1. The zero-order valence-electron chi connectivity index (χ0n) is 15.6. The quantitative estimate of drug-likeness (QED) is 0.381. The molecule has 0 heterocycles. The maximum absolute atomic E-state index is 13.0. The second kappa shape index (κ2) is 7.54. The summed E-state index contributed by atoms with van der Waals surface area (Å²) in [6, 6.07) is 23.1. The van der Waals surface area contributed by atoms with Crippen LogP contribution in [0.3, 0.4) is 0 Å². The van der Waals surface area contributed by atoms with Crippen LogP contribution in [-0.2, 0) is 10.0 Å². The summed E-state index contributed by atoms with van der Waals surface area (Å²) >= 11 is 3.46. The Kier molecular flexibility index (Phi) is 5.06. The fourth-order valence-corrected chi connectivity index (χ4v) is 4.99. The van der Waals surface area contributed by atoms with Crippen molar-refractivity contribution in [1.29, 1.82) is 0 Å². The average Bonchev–Trinajstić information content (AvgIpc) is 2.70. The summed E-state index contributed by atoms with van der Waals surface area (Å²) in [5, 5.41) is 12.4. The molecule has 4 aromatic carbocycles. The number of phenolic OH excluding ortho intramolecular Hbond substituents is 1. The summed E-state index contributed by atoms with van der Waals surface area (Å²) < 4.78 is 29.3. The van der Waals surface area contributed by atoms with Crippen LogP contribution in [0, 0.1) is 6.92 Å². The minimum Gasteiger partial charge on any atom is -0.507 e. The second-order valence-electron chi connectivity index (χ2n) is 6.76. The molecule has 0 aliphatic carbocycles. The summed E-state index contributed by atoms with van der Waals surface area (Å²) in [5.74, 6) is 0.0811. The van der Waals surface area contributed by atoms with Crippen molar-refractivity contribution in [3.05, 3.63) is 88.9 Å². The summed E-state index contributed by atoms with van der Waals surface area (Å²) in [6.07, 6.45) is 0. The van der Waals surface area contributed by atoms with Crippen LogP contribution in [0.2, 0.25) is 0 Å². The minimum atomic E-state index is -3.81. The molecule has 4 nitrogen and oxygen atoms in total. The van der Waals surface area contributed by atoms with Gasteiger partial charge in [0.2, 0.25) is 0 Å². The molecule has 0 saturated heterocycles. The lowest BCUT2D eigenvalue weighted by atomic mass is 9.96. The number of hydrogen-bond acceptors (Lipinski definition) is 3. The maximum atomic E-state index is 13.0. The standard InChI is InChI=1S/C23H18BrNO3S/c1-15-9-12-17(13-10-15)29(27,28)25-23-19(7-4-8-20(23)24)22-18-6-3-2-5-16(18)11-14-21(22)26/h2-14,25-26H,1H3. The first-order chi connectivity index (χ1) is 13.9. The molecule has 0 bridgehead atoms. The van der Waals surface area contributed by atoms with Gasteiger partial charge in [-0.3, -0.25) is 4.72 Å². The molecule has 0 unspecified atom stereocenters. The van der Waals surface area contributed by atoms with Gasteiger partial charge in [0.15, 0.2) is 0 Å². The van der Waals surface area contributed by atoms with Crippen LogP contribution in [0.5, 0.6) is 5.75 Å². The number of anilines is 1. The summed E-state index contributed by atoms with van der Waals surface area (Å²) in [7, 11) is -3.81. The predicted molar refractivity (Wildman–Crippen MR) is 121 cm³/mol. The van der Waals surface area contributed by atoms with Gasteiger partial charge in [0, 0.05) is 15.6 Å². The lowest BCUT2D eigenvalue weighted by Crippen LogP contribution is -2.14. The fraction of sp³-hybridized carbons (Fsp3) is 0.0435. The molecule has 4 rings (SSSR count). The topological polar surface area (TPSA) is 66.4 Å². The van der Waals surface area contributed by atoms with Gasteiger partial charge in [-0.1, -0.05) is 60.2 Å². The molecule has 0 radical (unpaired) electrons. The van der Waals surface area contributed by atoms with Crippen LogP contribution in [-0.4, -0.2) is 13.5 Å². The van der Waals surface area contributed by atoms with E-state index in [9.17, 15) is 13.5 Å². The molecule has 0 fully saturated rings. The first-order valence-electron chi connectivity index (χ1n) is 8.96. The SMILES string of the molecule is Cc1ccc(S(=O)(=O)Nc2c(Br)cccc2-c2c(O)ccc3ccccc23)cc1.